The van der Waals surface area contributed by atoms with Crippen LogP contribution in [0.1, 0.15) is 15.9 Å². The molecule has 0 fully saturated rings. The third-order valence-electron chi connectivity index (χ3n) is 1.30. The van der Waals surface area contributed by atoms with Crippen molar-refractivity contribution < 1.29 is 9.90 Å². The van der Waals surface area contributed by atoms with Crippen molar-refractivity contribution in [2.75, 3.05) is 0 Å². The molecule has 0 unspecified atom stereocenters. The lowest BCUT2D eigenvalue weighted by Gasteiger charge is -1.92. The maximum Gasteiger partial charge on any atom is 0.335 e. The average molecular weight is 137 g/mol. The fourth-order valence-corrected chi connectivity index (χ4v) is 0.696. The van der Waals surface area contributed by atoms with Gasteiger partial charge in [-0.1, -0.05) is 17.7 Å². The van der Waals surface area contributed by atoms with Gasteiger partial charge in [-0.05, 0) is 19.1 Å². The van der Waals surface area contributed by atoms with E-state index in [1.165, 1.54) is 0 Å². The Kier molecular flexibility index (Phi) is 1.71. The van der Waals surface area contributed by atoms with Gasteiger partial charge in [0.25, 0.3) is 0 Å². The molecule has 0 aliphatic carbocycles. The summed E-state index contributed by atoms with van der Waals surface area (Å²) in [6, 6.07) is 6.75. The molecule has 0 aliphatic rings. The summed E-state index contributed by atoms with van der Waals surface area (Å²) in [5.41, 5.74) is 1.41. The Morgan fingerprint density at radius 2 is 1.80 bits per heavy atom. The van der Waals surface area contributed by atoms with Gasteiger partial charge in [-0.15, -0.1) is 0 Å². The third kappa shape index (κ3) is 1.35. The number of carboxylic acids is 1. The lowest BCUT2D eigenvalue weighted by molar-refractivity contribution is 0.0697. The zero-order valence-electron chi connectivity index (χ0n) is 5.66. The van der Waals surface area contributed by atoms with E-state index < -0.39 is 5.97 Å². The summed E-state index contributed by atoms with van der Waals surface area (Å²) in [4.78, 5) is 10.3. The highest BCUT2D eigenvalue weighted by Crippen LogP contribution is 2.01. The topological polar surface area (TPSA) is 37.3 Å². The minimum atomic E-state index is -0.875. The average Bonchev–Trinajstić information content (AvgIpc) is 1.88. The molecule has 1 aromatic rings. The molecule has 0 radical (unpaired) electrons. The number of aromatic carboxylic acids is 1. The van der Waals surface area contributed by atoms with Gasteiger partial charge in [-0.25, -0.2) is 4.79 Å². The van der Waals surface area contributed by atoms with Gasteiger partial charge < -0.3 is 5.11 Å². The maximum atomic E-state index is 10.3. The Morgan fingerprint density at radius 3 is 2.20 bits per heavy atom. The van der Waals surface area contributed by atoms with E-state index in [2.05, 4.69) is 0 Å². The molecule has 10 heavy (non-hydrogen) atoms. The van der Waals surface area contributed by atoms with Crippen LogP contribution in [0.4, 0.5) is 0 Å². The van der Waals surface area contributed by atoms with Gasteiger partial charge in [0, 0.05) is 0 Å². The first-order valence-electron chi connectivity index (χ1n) is 3.00. The maximum absolute atomic E-state index is 10.3. The van der Waals surface area contributed by atoms with Crippen molar-refractivity contribution in [1.82, 2.24) is 0 Å². The van der Waals surface area contributed by atoms with Gasteiger partial charge in [-0.2, -0.15) is 0 Å². The second-order valence-electron chi connectivity index (χ2n) is 2.17. The molecular formula is C8H8O2. The normalized spacial score (nSPS) is 9.30. The third-order valence-corrected chi connectivity index (χ3v) is 1.30. The molecular weight excluding hydrogens is 129 g/mol. The van der Waals surface area contributed by atoms with Crippen LogP contribution in [0.5, 0.6) is 0 Å². The van der Waals surface area contributed by atoms with Crippen LogP contribution in [-0.2, 0) is 0 Å². The smallest absolute Gasteiger partial charge is 0.335 e. The van der Waals surface area contributed by atoms with Gasteiger partial charge in [0.1, 0.15) is 0 Å². The van der Waals surface area contributed by atoms with Gasteiger partial charge in [0.2, 0.25) is 0 Å². The molecule has 0 saturated heterocycles. The number of hydrogen-bond acceptors (Lipinski definition) is 1. The molecule has 52 valence electrons. The molecule has 1 aromatic carbocycles. The molecule has 0 spiro atoms. The van der Waals surface area contributed by atoms with E-state index in [1.54, 1.807) is 24.3 Å². The number of benzene rings is 1. The summed E-state index contributed by atoms with van der Waals surface area (Å²) in [7, 11) is 0. The number of rotatable bonds is 1. The van der Waals surface area contributed by atoms with Crippen LogP contribution in [0.3, 0.4) is 0 Å². The van der Waals surface area contributed by atoms with Crippen molar-refractivity contribution >= 4 is 5.97 Å². The Bertz CT molecular complexity index is 236. The van der Waals surface area contributed by atoms with E-state index in [0.717, 1.165) is 5.56 Å². The van der Waals surface area contributed by atoms with E-state index in [4.69, 9.17) is 5.11 Å². The summed E-state index contributed by atoms with van der Waals surface area (Å²) in [6.45, 7) is 1.92. The van der Waals surface area contributed by atoms with Gasteiger partial charge in [0.15, 0.2) is 0 Å². The lowest BCUT2D eigenvalue weighted by Crippen LogP contribution is -1.94. The molecule has 0 saturated carbocycles. The number of carboxylic acid groups (broad SMARTS) is 1. The first-order valence-corrected chi connectivity index (χ1v) is 3.00. The van der Waals surface area contributed by atoms with E-state index >= 15 is 0 Å². The molecule has 0 atom stereocenters. The number of hydrogen-bond donors (Lipinski definition) is 1. The van der Waals surface area contributed by atoms with Crippen molar-refractivity contribution in [2.24, 2.45) is 0 Å². The van der Waals surface area contributed by atoms with Gasteiger partial charge in [0.05, 0.1) is 5.56 Å². The highest BCUT2D eigenvalue weighted by Gasteiger charge is 1.98. The lowest BCUT2D eigenvalue weighted by atomic mass is 10.2. The molecule has 0 aromatic heterocycles. The molecule has 0 amide bonds. The minimum absolute atomic E-state index is 0.339. The van der Waals surface area contributed by atoms with Crippen molar-refractivity contribution in [3.8, 4) is 0 Å². The van der Waals surface area contributed by atoms with Crippen molar-refractivity contribution in [3.05, 3.63) is 35.4 Å². The Morgan fingerprint density at radius 1 is 1.30 bits per heavy atom. The summed E-state index contributed by atoms with van der Waals surface area (Å²) in [6.07, 6.45) is 0. The van der Waals surface area contributed by atoms with Crippen LogP contribution in [0, 0.1) is 6.92 Å². The summed E-state index contributed by atoms with van der Waals surface area (Å²) in [5, 5.41) is 8.48. The zero-order valence-corrected chi connectivity index (χ0v) is 5.66. The van der Waals surface area contributed by atoms with Crippen LogP contribution in [0.15, 0.2) is 24.3 Å². The Labute approximate surface area is 59.1 Å². The fourth-order valence-electron chi connectivity index (χ4n) is 0.696. The molecule has 1 rings (SSSR count). The fraction of sp³-hybridized carbons (Fsp3) is 0.125. The second kappa shape index (κ2) is 2.52. The highest BCUT2D eigenvalue weighted by atomic mass is 16.5. The first kappa shape index (κ1) is 6.81. The first-order chi connectivity index (χ1) is 4.70. The number of aryl methyl sites for hydroxylation is 1. The van der Waals surface area contributed by atoms with E-state index in [-0.39, 0.29) is 0 Å². The Balaban J connectivity index is 3.00. The Hall–Kier alpha value is -1.31. The standard InChI is InChI=1S/C8H8O2/c1-6-2-4-7(5-3-6)8(9)10/h2-5H,1H3,(H,9,10)/i8+1. The SMILES string of the molecule is Cc1ccc([13C](=O)O)cc1. The van der Waals surface area contributed by atoms with Gasteiger partial charge >= 0.3 is 5.97 Å². The van der Waals surface area contributed by atoms with E-state index in [0.29, 0.717) is 5.56 Å². The van der Waals surface area contributed by atoms with E-state index in [1.807, 2.05) is 6.92 Å². The molecule has 0 aliphatic heterocycles. The second-order valence-corrected chi connectivity index (χ2v) is 2.17. The van der Waals surface area contributed by atoms with Gasteiger partial charge in [-0.3, -0.25) is 0 Å². The molecule has 0 heterocycles. The number of carbonyl (C=O) groups is 1. The van der Waals surface area contributed by atoms with Crippen LogP contribution < -0.4 is 0 Å². The predicted molar refractivity (Wildman–Crippen MR) is 38.1 cm³/mol. The summed E-state index contributed by atoms with van der Waals surface area (Å²) in [5.74, 6) is -0.875. The minimum Gasteiger partial charge on any atom is -0.478 e. The molecule has 2 nitrogen and oxygen atoms in total. The van der Waals surface area contributed by atoms with Crippen molar-refractivity contribution in [2.45, 2.75) is 6.92 Å². The molecule has 1 N–H and O–H groups in total. The highest BCUT2D eigenvalue weighted by molar-refractivity contribution is 5.87. The van der Waals surface area contributed by atoms with Crippen molar-refractivity contribution in [3.63, 3.8) is 0 Å². The summed E-state index contributed by atoms with van der Waals surface area (Å²) < 4.78 is 0. The predicted octanol–water partition coefficient (Wildman–Crippen LogP) is 1.69. The van der Waals surface area contributed by atoms with Crippen molar-refractivity contribution in [1.29, 1.82) is 0 Å². The van der Waals surface area contributed by atoms with Crippen LogP contribution in [0.2, 0.25) is 0 Å². The van der Waals surface area contributed by atoms with Crippen LogP contribution >= 0.6 is 0 Å². The quantitative estimate of drug-likeness (QED) is 0.598. The largest absolute Gasteiger partial charge is 0.478 e. The molecule has 2 heteroatoms. The zero-order chi connectivity index (χ0) is 7.56. The van der Waals surface area contributed by atoms with E-state index in [9.17, 15) is 4.79 Å². The monoisotopic (exact) mass is 137 g/mol. The summed E-state index contributed by atoms with van der Waals surface area (Å²) >= 11 is 0. The van der Waals surface area contributed by atoms with Crippen LogP contribution in [0.25, 0.3) is 0 Å². The molecule has 0 bridgehead atoms. The van der Waals surface area contributed by atoms with Crippen LogP contribution in [-0.4, -0.2) is 11.1 Å².